The number of hydrogen-bond acceptors (Lipinski definition) is 4. The van der Waals surface area contributed by atoms with E-state index in [-0.39, 0.29) is 17.0 Å². The molecule has 0 fully saturated rings. The van der Waals surface area contributed by atoms with Crippen molar-refractivity contribution in [1.29, 1.82) is 5.26 Å². The molecule has 1 aromatic carbocycles. The lowest BCUT2D eigenvalue weighted by molar-refractivity contribution is 0.509. The summed E-state index contributed by atoms with van der Waals surface area (Å²) < 4.78 is 0. The van der Waals surface area contributed by atoms with Crippen LogP contribution in [0.2, 0.25) is 10.0 Å². The Morgan fingerprint density at radius 3 is 2.85 bits per heavy atom. The molecule has 0 bridgehead atoms. The third-order valence-corrected chi connectivity index (χ3v) is 6.64. The molecule has 0 saturated heterocycles. The van der Waals surface area contributed by atoms with E-state index >= 15 is 0 Å². The number of rotatable bonds is 2. The van der Waals surface area contributed by atoms with E-state index in [9.17, 15) is 10.1 Å². The Labute approximate surface area is 170 Å². The van der Waals surface area contributed by atoms with E-state index < -0.39 is 0 Å². The number of aromatic nitrogens is 2. The summed E-state index contributed by atoms with van der Waals surface area (Å²) in [4.78, 5) is 22.0. The molecule has 7 heteroatoms. The summed E-state index contributed by atoms with van der Waals surface area (Å²) in [6.45, 7) is 2.22. The zero-order valence-corrected chi connectivity index (χ0v) is 16.8. The first kappa shape index (κ1) is 18.2. The SMILES string of the molecule is C[C@H]1CCc2c(sc3nc(/C(C#N)=C/c4c(Cl)cccc4Cl)[nH]c(=O)c23)C1. The van der Waals surface area contributed by atoms with E-state index in [2.05, 4.69) is 23.0 Å². The van der Waals surface area contributed by atoms with Crippen molar-refractivity contribution in [2.24, 2.45) is 5.92 Å². The van der Waals surface area contributed by atoms with E-state index in [1.54, 1.807) is 35.6 Å². The molecular weight excluding hydrogens is 401 g/mol. The van der Waals surface area contributed by atoms with Crippen molar-refractivity contribution in [3.05, 3.63) is 60.4 Å². The van der Waals surface area contributed by atoms with Crippen LogP contribution in [0.3, 0.4) is 0 Å². The topological polar surface area (TPSA) is 69.5 Å². The highest BCUT2D eigenvalue weighted by atomic mass is 35.5. The van der Waals surface area contributed by atoms with Crippen LogP contribution in [0, 0.1) is 17.2 Å². The fourth-order valence-corrected chi connectivity index (χ4v) is 5.31. The van der Waals surface area contributed by atoms with Crippen molar-refractivity contribution in [3.63, 3.8) is 0 Å². The molecule has 27 heavy (non-hydrogen) atoms. The number of aryl methyl sites for hydroxylation is 1. The number of nitrogens with zero attached hydrogens (tertiary/aromatic N) is 2. The highest BCUT2D eigenvalue weighted by Gasteiger charge is 2.23. The number of nitriles is 1. The third kappa shape index (κ3) is 3.29. The number of benzene rings is 1. The summed E-state index contributed by atoms with van der Waals surface area (Å²) in [5.41, 5.74) is 1.65. The number of allylic oxidation sites excluding steroid dienone is 1. The smallest absolute Gasteiger partial charge is 0.260 e. The van der Waals surface area contributed by atoms with Gasteiger partial charge in [0.1, 0.15) is 10.9 Å². The number of halogens is 2. The van der Waals surface area contributed by atoms with Crippen LogP contribution >= 0.6 is 34.5 Å². The molecule has 1 atom stereocenters. The highest BCUT2D eigenvalue weighted by Crippen LogP contribution is 2.36. The van der Waals surface area contributed by atoms with Gasteiger partial charge < -0.3 is 4.98 Å². The zero-order valence-electron chi connectivity index (χ0n) is 14.5. The summed E-state index contributed by atoms with van der Waals surface area (Å²) in [7, 11) is 0. The van der Waals surface area contributed by atoms with Gasteiger partial charge in [0.2, 0.25) is 0 Å². The standard InChI is InChI=1S/C20H15Cl2N3OS/c1-10-5-6-12-16(7-10)27-20-17(12)19(26)24-18(25-20)11(9-23)8-13-14(21)3-2-4-15(13)22/h2-4,8,10H,5-7H2,1H3,(H,24,25,26)/b11-8+/t10-/m0/s1. The lowest BCUT2D eigenvalue weighted by atomic mass is 9.89. The predicted octanol–water partition coefficient (Wildman–Crippen LogP) is 5.48. The van der Waals surface area contributed by atoms with Crippen LogP contribution in [0.1, 0.15) is 35.2 Å². The summed E-state index contributed by atoms with van der Waals surface area (Å²) >= 11 is 13.9. The van der Waals surface area contributed by atoms with Gasteiger partial charge in [-0.2, -0.15) is 5.26 Å². The minimum Gasteiger partial charge on any atom is -0.305 e. The maximum atomic E-state index is 12.7. The average Bonchev–Trinajstić information content (AvgIpc) is 2.99. The normalized spacial score (nSPS) is 17.0. The van der Waals surface area contributed by atoms with Gasteiger partial charge in [0.05, 0.1) is 11.0 Å². The highest BCUT2D eigenvalue weighted by molar-refractivity contribution is 7.18. The molecule has 4 rings (SSSR count). The molecule has 0 radical (unpaired) electrons. The number of thiophene rings is 1. The van der Waals surface area contributed by atoms with Gasteiger partial charge >= 0.3 is 0 Å². The summed E-state index contributed by atoms with van der Waals surface area (Å²) in [5.74, 6) is 0.846. The number of hydrogen-bond donors (Lipinski definition) is 1. The maximum absolute atomic E-state index is 12.7. The van der Waals surface area contributed by atoms with E-state index in [0.717, 1.165) is 24.8 Å². The molecule has 2 heterocycles. The molecule has 1 aliphatic carbocycles. The largest absolute Gasteiger partial charge is 0.305 e. The Balaban J connectivity index is 1.87. The summed E-state index contributed by atoms with van der Waals surface area (Å²) in [6, 6.07) is 7.22. The van der Waals surface area contributed by atoms with E-state index in [4.69, 9.17) is 23.2 Å². The average molecular weight is 416 g/mol. The minimum absolute atomic E-state index is 0.201. The van der Waals surface area contributed by atoms with E-state index in [1.807, 2.05) is 0 Å². The number of H-pyrrole nitrogens is 1. The van der Waals surface area contributed by atoms with Crippen molar-refractivity contribution >= 4 is 56.4 Å². The number of fused-ring (bicyclic) bond motifs is 3. The number of nitrogens with one attached hydrogen (secondary N) is 1. The minimum atomic E-state index is -0.201. The lowest BCUT2D eigenvalue weighted by Gasteiger charge is -2.17. The Bertz CT molecular complexity index is 1170. The van der Waals surface area contributed by atoms with E-state index in [1.165, 1.54) is 4.88 Å². The van der Waals surface area contributed by atoms with Crippen LogP contribution in [0.15, 0.2) is 23.0 Å². The molecule has 136 valence electrons. The molecule has 0 amide bonds. The second-order valence-electron chi connectivity index (χ2n) is 6.75. The van der Waals surface area contributed by atoms with Gasteiger partial charge in [-0.1, -0.05) is 36.2 Å². The van der Waals surface area contributed by atoms with Gasteiger partial charge in [0.25, 0.3) is 5.56 Å². The maximum Gasteiger partial charge on any atom is 0.260 e. The van der Waals surface area contributed by atoms with Gasteiger partial charge in [-0.15, -0.1) is 11.3 Å². The molecule has 2 aromatic heterocycles. The molecule has 4 nitrogen and oxygen atoms in total. The molecule has 0 unspecified atom stereocenters. The molecule has 0 spiro atoms. The monoisotopic (exact) mass is 415 g/mol. The van der Waals surface area contributed by atoms with Crippen molar-refractivity contribution in [1.82, 2.24) is 9.97 Å². The van der Waals surface area contributed by atoms with Crippen molar-refractivity contribution in [3.8, 4) is 6.07 Å². The summed E-state index contributed by atoms with van der Waals surface area (Å²) in [5, 5.41) is 11.1. The fourth-order valence-electron chi connectivity index (χ4n) is 3.42. The quantitative estimate of drug-likeness (QED) is 0.563. The Kier molecular flexibility index (Phi) is 4.81. The third-order valence-electron chi connectivity index (χ3n) is 4.83. The molecule has 0 saturated carbocycles. The fraction of sp³-hybridized carbons (Fsp3) is 0.250. The van der Waals surface area contributed by atoms with Gasteiger partial charge in [0, 0.05) is 20.5 Å². The lowest BCUT2D eigenvalue weighted by Crippen LogP contribution is -2.14. The second-order valence-corrected chi connectivity index (χ2v) is 8.65. The molecule has 1 N–H and O–H groups in total. The van der Waals surface area contributed by atoms with Crippen LogP contribution in [-0.2, 0) is 12.8 Å². The Morgan fingerprint density at radius 1 is 1.41 bits per heavy atom. The van der Waals surface area contributed by atoms with Gasteiger partial charge in [0.15, 0.2) is 5.82 Å². The van der Waals surface area contributed by atoms with Crippen molar-refractivity contribution < 1.29 is 0 Å². The molecule has 1 aliphatic rings. The molecule has 3 aromatic rings. The van der Waals surface area contributed by atoms with Gasteiger partial charge in [-0.05, 0) is 49.0 Å². The van der Waals surface area contributed by atoms with Crippen LogP contribution in [-0.4, -0.2) is 9.97 Å². The van der Waals surface area contributed by atoms with Crippen LogP contribution in [0.25, 0.3) is 21.9 Å². The summed E-state index contributed by atoms with van der Waals surface area (Å²) in [6.07, 6.45) is 4.51. The van der Waals surface area contributed by atoms with Crippen LogP contribution < -0.4 is 5.56 Å². The van der Waals surface area contributed by atoms with Crippen molar-refractivity contribution in [2.75, 3.05) is 0 Å². The first-order valence-corrected chi connectivity index (χ1v) is 10.2. The molecule has 0 aliphatic heterocycles. The van der Waals surface area contributed by atoms with E-state index in [0.29, 0.717) is 31.7 Å². The van der Waals surface area contributed by atoms with Crippen LogP contribution in [0.4, 0.5) is 0 Å². The number of aromatic amines is 1. The Hall–Kier alpha value is -2.13. The second kappa shape index (κ2) is 7.12. The first-order valence-electron chi connectivity index (χ1n) is 8.58. The Morgan fingerprint density at radius 2 is 2.15 bits per heavy atom. The van der Waals surface area contributed by atoms with Gasteiger partial charge in [-0.25, -0.2) is 4.98 Å². The molecular formula is C20H15Cl2N3OS. The van der Waals surface area contributed by atoms with Crippen LogP contribution in [0.5, 0.6) is 0 Å². The predicted molar refractivity (Wildman–Crippen MR) is 111 cm³/mol. The van der Waals surface area contributed by atoms with Gasteiger partial charge in [-0.3, -0.25) is 4.79 Å². The zero-order chi connectivity index (χ0) is 19.1. The van der Waals surface area contributed by atoms with Crippen molar-refractivity contribution in [2.45, 2.75) is 26.2 Å². The first-order chi connectivity index (χ1) is 13.0.